The summed E-state index contributed by atoms with van der Waals surface area (Å²) in [6.07, 6.45) is 5.85. The summed E-state index contributed by atoms with van der Waals surface area (Å²) in [6.45, 7) is 0.1000. The van der Waals surface area contributed by atoms with Crippen LogP contribution in [0.3, 0.4) is 0 Å². The van der Waals surface area contributed by atoms with Crippen LogP contribution in [-0.4, -0.2) is 51.3 Å². The number of carboxylic acid groups (broad SMARTS) is 1. The first-order valence-electron chi connectivity index (χ1n) is 9.49. The van der Waals surface area contributed by atoms with Gasteiger partial charge in [0, 0.05) is 18.8 Å². The number of hydrogen-bond acceptors (Lipinski definition) is 5. The third-order valence-electron chi connectivity index (χ3n) is 4.76. The lowest BCUT2D eigenvalue weighted by molar-refractivity contribution is -0.136. The Balaban J connectivity index is 1.87. The average Bonchev–Trinajstić information content (AvgIpc) is 2.94. The Hall–Kier alpha value is -2.37. The second kappa shape index (κ2) is 11.5. The minimum atomic E-state index is -0.854. The van der Waals surface area contributed by atoms with E-state index in [2.05, 4.69) is 5.73 Å². The monoisotopic (exact) mass is 388 g/mol. The van der Waals surface area contributed by atoms with Crippen molar-refractivity contribution in [3.05, 3.63) is 60.4 Å². The molecule has 0 aliphatic heterocycles. The Labute approximate surface area is 165 Å². The topological polar surface area (TPSA) is 107 Å². The molecule has 0 amide bonds. The van der Waals surface area contributed by atoms with Crippen LogP contribution >= 0.6 is 0 Å². The van der Waals surface area contributed by atoms with Crippen LogP contribution in [0.25, 0.3) is 0 Å². The van der Waals surface area contributed by atoms with Crippen LogP contribution in [0, 0.1) is 11.8 Å². The fourth-order valence-electron chi connectivity index (χ4n) is 3.28. The molecule has 152 valence electrons. The molecule has 1 saturated carbocycles. The number of aliphatic hydroxyl groups excluding tert-OH is 3. The molecular weight excluding hydrogens is 360 g/mol. The van der Waals surface area contributed by atoms with Crippen LogP contribution < -0.4 is 4.74 Å². The van der Waals surface area contributed by atoms with E-state index < -0.39 is 24.3 Å². The quantitative estimate of drug-likeness (QED) is 0.362. The maximum atomic E-state index is 10.5. The van der Waals surface area contributed by atoms with Crippen LogP contribution in [0.2, 0.25) is 0 Å². The van der Waals surface area contributed by atoms with Gasteiger partial charge >= 0.3 is 5.97 Å². The standard InChI is InChI=1S/C22H28O6/c23-16(15-28-17-8-4-3-5-9-17)12-13-19-18(20(24)14-21(19)25)10-6-1-2-7-11-22(26)27/h2-6,8-9,12-13,16,18-21,23-25H,7,10-11,14-15H2,(H,26,27)/b13-12+. The summed E-state index contributed by atoms with van der Waals surface area (Å²) in [5, 5.41) is 39.1. The molecule has 1 aliphatic rings. The fourth-order valence-corrected chi connectivity index (χ4v) is 3.28. The van der Waals surface area contributed by atoms with Gasteiger partial charge < -0.3 is 25.2 Å². The van der Waals surface area contributed by atoms with E-state index in [-0.39, 0.29) is 31.3 Å². The van der Waals surface area contributed by atoms with Crippen molar-refractivity contribution in [2.24, 2.45) is 11.8 Å². The zero-order valence-electron chi connectivity index (χ0n) is 15.7. The SMILES string of the molecule is O=C(O)CCC=C=CCC1C(O)CC(O)C1/C=C/C(O)COc1ccccc1. The number of carboxylic acids is 1. The van der Waals surface area contributed by atoms with Gasteiger partial charge in [-0.25, -0.2) is 0 Å². The largest absolute Gasteiger partial charge is 0.491 e. The molecule has 2 rings (SSSR count). The first-order chi connectivity index (χ1) is 13.5. The van der Waals surface area contributed by atoms with Crippen molar-refractivity contribution in [1.82, 2.24) is 0 Å². The normalized spacial score (nSPS) is 25.2. The number of benzene rings is 1. The molecule has 5 atom stereocenters. The van der Waals surface area contributed by atoms with Gasteiger partial charge in [0.1, 0.15) is 18.5 Å². The van der Waals surface area contributed by atoms with Crippen LogP contribution in [0.1, 0.15) is 25.7 Å². The van der Waals surface area contributed by atoms with Crippen LogP contribution in [0.5, 0.6) is 5.75 Å². The number of para-hydroxylation sites is 1. The van der Waals surface area contributed by atoms with E-state index in [4.69, 9.17) is 9.84 Å². The minimum absolute atomic E-state index is 0.0555. The number of allylic oxidation sites excluding steroid dienone is 1. The first-order valence-corrected chi connectivity index (χ1v) is 9.49. The summed E-state index contributed by atoms with van der Waals surface area (Å²) in [5.74, 6) is -0.649. The van der Waals surface area contributed by atoms with Gasteiger partial charge in [0.25, 0.3) is 0 Å². The molecule has 4 N–H and O–H groups in total. The highest BCUT2D eigenvalue weighted by molar-refractivity contribution is 5.66. The number of carbonyl (C=O) groups is 1. The van der Waals surface area contributed by atoms with Crippen molar-refractivity contribution in [2.45, 2.75) is 44.0 Å². The van der Waals surface area contributed by atoms with Crippen molar-refractivity contribution < 1.29 is 30.0 Å². The van der Waals surface area contributed by atoms with Gasteiger partial charge in [-0.1, -0.05) is 30.4 Å². The molecule has 6 heteroatoms. The van der Waals surface area contributed by atoms with E-state index in [1.54, 1.807) is 36.4 Å². The molecule has 1 fully saturated rings. The summed E-state index contributed by atoms with van der Waals surface area (Å²) in [6, 6.07) is 9.19. The number of ether oxygens (including phenoxy) is 1. The third kappa shape index (κ3) is 7.33. The van der Waals surface area contributed by atoms with Gasteiger partial charge in [-0.05, 0) is 43.0 Å². The van der Waals surface area contributed by atoms with Crippen molar-refractivity contribution in [3.8, 4) is 5.75 Å². The Kier molecular flexibility index (Phi) is 8.98. The van der Waals surface area contributed by atoms with Crippen molar-refractivity contribution in [3.63, 3.8) is 0 Å². The van der Waals surface area contributed by atoms with Crippen LogP contribution in [-0.2, 0) is 4.79 Å². The van der Waals surface area contributed by atoms with Gasteiger partial charge in [-0.15, -0.1) is 5.73 Å². The summed E-state index contributed by atoms with van der Waals surface area (Å²) >= 11 is 0. The molecule has 1 aromatic rings. The van der Waals surface area contributed by atoms with Crippen molar-refractivity contribution in [2.75, 3.05) is 6.61 Å². The van der Waals surface area contributed by atoms with E-state index in [0.29, 0.717) is 18.6 Å². The molecular formula is C22H28O6. The predicted octanol–water partition coefficient (Wildman–Crippen LogP) is 2.31. The van der Waals surface area contributed by atoms with Gasteiger partial charge in [0.05, 0.1) is 12.2 Å². The maximum absolute atomic E-state index is 10.5. The lowest BCUT2D eigenvalue weighted by Gasteiger charge is -2.19. The lowest BCUT2D eigenvalue weighted by atomic mass is 9.90. The van der Waals surface area contributed by atoms with E-state index in [1.165, 1.54) is 0 Å². The van der Waals surface area contributed by atoms with Gasteiger partial charge in [0.15, 0.2) is 0 Å². The zero-order chi connectivity index (χ0) is 20.4. The Morgan fingerprint density at radius 3 is 2.68 bits per heavy atom. The highest BCUT2D eigenvalue weighted by Gasteiger charge is 2.39. The Morgan fingerprint density at radius 1 is 1.21 bits per heavy atom. The number of hydrogen-bond donors (Lipinski definition) is 4. The first kappa shape index (κ1) is 21.9. The summed E-state index contributed by atoms with van der Waals surface area (Å²) in [5.41, 5.74) is 2.93. The Bertz CT molecular complexity index is 692. The third-order valence-corrected chi connectivity index (χ3v) is 4.76. The second-order valence-corrected chi connectivity index (χ2v) is 6.93. The molecule has 0 saturated heterocycles. The van der Waals surface area contributed by atoms with Crippen LogP contribution in [0.15, 0.2) is 60.4 Å². The molecule has 6 nitrogen and oxygen atoms in total. The zero-order valence-corrected chi connectivity index (χ0v) is 15.7. The van der Waals surface area contributed by atoms with E-state index in [0.717, 1.165) is 0 Å². The summed E-state index contributed by atoms with van der Waals surface area (Å²) in [4.78, 5) is 10.5. The molecule has 1 aromatic carbocycles. The molecule has 0 aromatic heterocycles. The second-order valence-electron chi connectivity index (χ2n) is 6.93. The number of aliphatic hydroxyl groups is 3. The van der Waals surface area contributed by atoms with Crippen molar-refractivity contribution >= 4 is 5.97 Å². The highest BCUT2D eigenvalue weighted by atomic mass is 16.5. The molecule has 1 aliphatic carbocycles. The smallest absolute Gasteiger partial charge is 0.303 e. The van der Waals surface area contributed by atoms with Gasteiger partial charge in [0.2, 0.25) is 0 Å². The van der Waals surface area contributed by atoms with E-state index in [1.807, 2.05) is 18.2 Å². The predicted molar refractivity (Wildman–Crippen MR) is 105 cm³/mol. The van der Waals surface area contributed by atoms with Gasteiger partial charge in [-0.2, -0.15) is 0 Å². The molecule has 28 heavy (non-hydrogen) atoms. The Morgan fingerprint density at radius 2 is 1.96 bits per heavy atom. The van der Waals surface area contributed by atoms with Crippen LogP contribution in [0.4, 0.5) is 0 Å². The molecule has 0 radical (unpaired) electrons. The fraction of sp³-hybridized carbons (Fsp3) is 0.455. The van der Waals surface area contributed by atoms with E-state index >= 15 is 0 Å². The summed E-state index contributed by atoms with van der Waals surface area (Å²) in [7, 11) is 0. The molecule has 0 heterocycles. The highest BCUT2D eigenvalue weighted by Crippen LogP contribution is 2.36. The molecule has 0 bridgehead atoms. The molecule has 5 unspecified atom stereocenters. The molecule has 0 spiro atoms. The average molecular weight is 388 g/mol. The number of aliphatic carboxylic acids is 1. The van der Waals surface area contributed by atoms with E-state index in [9.17, 15) is 20.1 Å². The lowest BCUT2D eigenvalue weighted by Crippen LogP contribution is -2.21. The number of rotatable bonds is 10. The summed E-state index contributed by atoms with van der Waals surface area (Å²) < 4.78 is 5.50. The minimum Gasteiger partial charge on any atom is -0.491 e. The van der Waals surface area contributed by atoms with Gasteiger partial charge in [-0.3, -0.25) is 4.79 Å². The van der Waals surface area contributed by atoms with Crippen molar-refractivity contribution in [1.29, 1.82) is 0 Å². The maximum Gasteiger partial charge on any atom is 0.303 e.